The predicted molar refractivity (Wildman–Crippen MR) is 118 cm³/mol. The minimum Gasteiger partial charge on any atom is -0.462 e. The molecule has 2 saturated heterocycles. The molecule has 0 saturated carbocycles. The summed E-state index contributed by atoms with van der Waals surface area (Å²) < 4.78 is 15.5. The van der Waals surface area contributed by atoms with Crippen molar-refractivity contribution < 1.29 is 28.6 Å². The lowest BCUT2D eigenvalue weighted by Crippen LogP contribution is -2.63. The molecule has 2 heterocycles. The van der Waals surface area contributed by atoms with Crippen LogP contribution in [0.2, 0.25) is 0 Å². The molecule has 0 bridgehead atoms. The molecule has 0 unspecified atom stereocenters. The van der Waals surface area contributed by atoms with Gasteiger partial charge in [0.15, 0.2) is 0 Å². The van der Waals surface area contributed by atoms with Gasteiger partial charge in [0.05, 0.1) is 31.1 Å². The summed E-state index contributed by atoms with van der Waals surface area (Å²) in [5.74, 6) is -0.895. The summed E-state index contributed by atoms with van der Waals surface area (Å²) in [6.45, 7) is 7.80. The van der Waals surface area contributed by atoms with Gasteiger partial charge >= 0.3 is 5.97 Å². The van der Waals surface area contributed by atoms with Crippen molar-refractivity contribution in [3.05, 3.63) is 35.9 Å². The lowest BCUT2D eigenvalue weighted by atomic mass is 9.87. The van der Waals surface area contributed by atoms with Gasteiger partial charge in [-0.15, -0.1) is 11.8 Å². The molecular weight excluding hydrogens is 418 g/mol. The maximum Gasteiger partial charge on any atom is 0.330 e. The molecule has 0 spiro atoms. The van der Waals surface area contributed by atoms with Crippen LogP contribution in [0.5, 0.6) is 0 Å². The average molecular weight is 450 g/mol. The Balaban J connectivity index is 1.49. The average Bonchev–Trinajstić information content (AvgIpc) is 3.00. The van der Waals surface area contributed by atoms with Crippen molar-refractivity contribution >= 4 is 29.4 Å². The Hall–Kier alpha value is -1.90. The molecule has 2 aliphatic heterocycles. The Labute approximate surface area is 187 Å². The number of nitrogens with zero attached hydrogens (tertiary/aromatic N) is 1. The van der Waals surface area contributed by atoms with Gasteiger partial charge in [-0.3, -0.25) is 9.59 Å². The highest BCUT2D eigenvalue weighted by Crippen LogP contribution is 2.54. The predicted octanol–water partition coefficient (Wildman–Crippen LogP) is 2.46. The highest BCUT2D eigenvalue weighted by atomic mass is 32.2. The van der Waals surface area contributed by atoms with Crippen molar-refractivity contribution in [1.82, 2.24) is 4.90 Å². The minimum atomic E-state index is -0.654. The number of hydrogen-bond donors (Lipinski definition) is 0. The number of fused-ring (bicyclic) bond motifs is 1. The summed E-state index contributed by atoms with van der Waals surface area (Å²) in [4.78, 5) is 39.7. The summed E-state index contributed by atoms with van der Waals surface area (Å²) in [7, 11) is 0. The molecule has 2 fully saturated rings. The van der Waals surface area contributed by atoms with Gasteiger partial charge in [-0.2, -0.15) is 0 Å². The number of β-lactam (4-membered cyclic amide) rings is 1. The second-order valence-electron chi connectivity index (χ2n) is 8.25. The Morgan fingerprint density at radius 2 is 1.74 bits per heavy atom. The molecule has 1 aromatic rings. The first-order valence-electron chi connectivity index (χ1n) is 10.7. The number of carbonyl (C=O) groups is 3. The largest absolute Gasteiger partial charge is 0.462 e. The molecule has 2 aliphatic rings. The monoisotopic (exact) mass is 449 g/mol. The van der Waals surface area contributed by atoms with Crippen LogP contribution in [0, 0.1) is 5.92 Å². The molecule has 0 N–H and O–H groups in total. The summed E-state index contributed by atoms with van der Waals surface area (Å²) >= 11 is 1.57. The number of hydrogen-bond acceptors (Lipinski definition) is 7. The summed E-state index contributed by atoms with van der Waals surface area (Å²) in [6, 6.07) is 8.87. The zero-order chi connectivity index (χ0) is 22.4. The number of carbonyl (C=O) groups excluding carboxylic acids is 3. The zero-order valence-electron chi connectivity index (χ0n) is 18.4. The fraction of sp³-hybridized carbons (Fsp3) is 0.609. The Morgan fingerprint density at radius 3 is 2.45 bits per heavy atom. The van der Waals surface area contributed by atoms with E-state index < -0.39 is 16.8 Å². The van der Waals surface area contributed by atoms with E-state index in [1.807, 2.05) is 51.1 Å². The van der Waals surface area contributed by atoms with E-state index in [1.54, 1.807) is 16.7 Å². The fourth-order valence-electron chi connectivity index (χ4n) is 4.05. The van der Waals surface area contributed by atoms with Gasteiger partial charge in [-0.25, -0.2) is 4.79 Å². The van der Waals surface area contributed by atoms with Crippen LogP contribution in [-0.4, -0.2) is 71.8 Å². The standard InChI is InChI=1S/C23H31NO6S/c1-4-28-10-11-29-12-13-30-22(27)19-23(2,3)31-21-18(20(26)24(19)21)15-17(25)14-16-8-6-5-7-9-16/h5-9,18-19,21H,4,10-15H2,1-3H3/t18-,19+,21-/m1/s1. The summed E-state index contributed by atoms with van der Waals surface area (Å²) in [6.07, 6.45) is 0.521. The van der Waals surface area contributed by atoms with E-state index in [4.69, 9.17) is 14.2 Å². The van der Waals surface area contributed by atoms with Crippen molar-refractivity contribution in [3.63, 3.8) is 0 Å². The van der Waals surface area contributed by atoms with Crippen molar-refractivity contribution in [1.29, 1.82) is 0 Å². The third-order valence-electron chi connectivity index (χ3n) is 5.51. The number of ether oxygens (including phenoxy) is 3. The number of benzene rings is 1. The van der Waals surface area contributed by atoms with E-state index >= 15 is 0 Å². The maximum absolute atomic E-state index is 12.8. The summed E-state index contributed by atoms with van der Waals surface area (Å²) in [5.41, 5.74) is 0.945. The van der Waals surface area contributed by atoms with Crippen LogP contribution in [0.4, 0.5) is 0 Å². The lowest BCUT2D eigenvalue weighted by molar-refractivity contribution is -0.168. The quantitative estimate of drug-likeness (QED) is 0.275. The molecule has 8 heteroatoms. The minimum absolute atomic E-state index is 0.0397. The first-order chi connectivity index (χ1) is 14.8. The van der Waals surface area contributed by atoms with Gasteiger partial charge in [-0.1, -0.05) is 30.3 Å². The van der Waals surface area contributed by atoms with Crippen LogP contribution in [0.25, 0.3) is 0 Å². The van der Waals surface area contributed by atoms with Crippen LogP contribution >= 0.6 is 11.8 Å². The van der Waals surface area contributed by atoms with E-state index in [0.717, 1.165) is 5.56 Å². The first-order valence-corrected chi connectivity index (χ1v) is 11.6. The van der Waals surface area contributed by atoms with Gasteiger partial charge in [0.25, 0.3) is 0 Å². The van der Waals surface area contributed by atoms with E-state index in [2.05, 4.69) is 0 Å². The normalized spacial score (nSPS) is 23.9. The van der Waals surface area contributed by atoms with Crippen LogP contribution in [-0.2, 0) is 35.0 Å². The van der Waals surface area contributed by atoms with Crippen molar-refractivity contribution in [3.8, 4) is 0 Å². The maximum atomic E-state index is 12.8. The molecule has 7 nitrogen and oxygen atoms in total. The Bertz CT molecular complexity index is 784. The van der Waals surface area contributed by atoms with Crippen LogP contribution < -0.4 is 0 Å². The van der Waals surface area contributed by atoms with Gasteiger partial charge in [0.2, 0.25) is 5.91 Å². The molecule has 1 aromatic carbocycles. The number of Topliss-reactive ketones (excluding diaryl/α,β-unsaturated/α-hetero) is 1. The van der Waals surface area contributed by atoms with Crippen molar-refractivity contribution in [2.45, 2.75) is 49.8 Å². The molecule has 0 aliphatic carbocycles. The highest BCUT2D eigenvalue weighted by molar-refractivity contribution is 8.01. The van der Waals surface area contributed by atoms with E-state index in [1.165, 1.54) is 0 Å². The van der Waals surface area contributed by atoms with Crippen molar-refractivity contribution in [2.75, 3.05) is 33.0 Å². The molecule has 170 valence electrons. The van der Waals surface area contributed by atoms with Crippen LogP contribution in [0.15, 0.2) is 30.3 Å². The van der Waals surface area contributed by atoms with Gasteiger partial charge in [-0.05, 0) is 26.3 Å². The third kappa shape index (κ3) is 5.67. The molecule has 31 heavy (non-hydrogen) atoms. The van der Waals surface area contributed by atoms with Crippen LogP contribution in [0.3, 0.4) is 0 Å². The number of esters is 1. The second-order valence-corrected chi connectivity index (χ2v) is 10.0. The number of ketones is 1. The lowest BCUT2D eigenvalue weighted by Gasteiger charge is -2.43. The Morgan fingerprint density at radius 1 is 1.06 bits per heavy atom. The van der Waals surface area contributed by atoms with Gasteiger partial charge in [0, 0.05) is 24.2 Å². The third-order valence-corrected chi connectivity index (χ3v) is 7.14. The zero-order valence-corrected chi connectivity index (χ0v) is 19.2. The molecule has 1 amide bonds. The highest BCUT2D eigenvalue weighted by Gasteiger charge is 2.64. The van der Waals surface area contributed by atoms with E-state index in [9.17, 15) is 14.4 Å². The number of amides is 1. The fourth-order valence-corrected chi connectivity index (χ4v) is 5.72. The first kappa shape index (κ1) is 23.8. The molecule has 3 rings (SSSR count). The number of rotatable bonds is 12. The van der Waals surface area contributed by atoms with E-state index in [0.29, 0.717) is 26.2 Å². The van der Waals surface area contributed by atoms with E-state index in [-0.39, 0.29) is 42.6 Å². The SMILES string of the molecule is CCOCCOCCOC(=O)[C@@H]1N2C(=O)[C@@H](CC(=O)Cc3ccccc3)[C@H]2SC1(C)C. The molecule has 0 radical (unpaired) electrons. The van der Waals surface area contributed by atoms with Crippen LogP contribution in [0.1, 0.15) is 32.8 Å². The molecular formula is C23H31NO6S. The Kier molecular flexibility index (Phi) is 8.13. The summed E-state index contributed by atoms with van der Waals surface area (Å²) in [5, 5.41) is -0.165. The smallest absolute Gasteiger partial charge is 0.330 e. The van der Waals surface area contributed by atoms with Crippen molar-refractivity contribution in [2.24, 2.45) is 5.92 Å². The molecule has 0 aromatic heterocycles. The second kappa shape index (κ2) is 10.6. The van der Waals surface area contributed by atoms with Gasteiger partial charge < -0.3 is 19.1 Å². The topological polar surface area (TPSA) is 82.1 Å². The molecule has 3 atom stereocenters. The van der Waals surface area contributed by atoms with Gasteiger partial charge in [0.1, 0.15) is 18.4 Å². The number of thioether (sulfide) groups is 1.